The minimum absolute atomic E-state index is 0.0118. The number of nitrogens with zero attached hydrogens (tertiary/aromatic N) is 2. The van der Waals surface area contributed by atoms with Crippen LogP contribution in [-0.4, -0.2) is 14.7 Å². The van der Waals surface area contributed by atoms with Crippen molar-refractivity contribution in [3.63, 3.8) is 0 Å². The molecule has 4 heteroatoms. The molecule has 0 saturated carbocycles. The highest BCUT2D eigenvalue weighted by molar-refractivity contribution is 5.69. The number of para-hydroxylation sites is 1. The summed E-state index contributed by atoms with van der Waals surface area (Å²) in [6, 6.07) is 17.3. The SMILES string of the molecule is CCCCCn1c(C)nc(-c2ccccc2O)c(CCc2ccccc2)c1=O. The van der Waals surface area contributed by atoms with E-state index in [2.05, 4.69) is 19.1 Å². The summed E-state index contributed by atoms with van der Waals surface area (Å²) in [6.45, 7) is 4.71. The van der Waals surface area contributed by atoms with Gasteiger partial charge in [-0.3, -0.25) is 9.36 Å². The number of unbranched alkanes of at least 4 members (excludes halogenated alkanes) is 2. The Morgan fingerprint density at radius 2 is 1.68 bits per heavy atom. The molecule has 2 aromatic carbocycles. The van der Waals surface area contributed by atoms with E-state index in [1.807, 2.05) is 37.3 Å². The third-order valence-electron chi connectivity index (χ3n) is 5.10. The zero-order valence-electron chi connectivity index (χ0n) is 16.7. The van der Waals surface area contributed by atoms with Crippen LogP contribution < -0.4 is 5.56 Å². The Hall–Kier alpha value is -2.88. The van der Waals surface area contributed by atoms with Crippen molar-refractivity contribution in [3.8, 4) is 17.0 Å². The van der Waals surface area contributed by atoms with Crippen molar-refractivity contribution in [2.75, 3.05) is 0 Å². The zero-order valence-corrected chi connectivity index (χ0v) is 16.7. The Kier molecular flexibility index (Phi) is 6.64. The molecule has 3 aromatic rings. The van der Waals surface area contributed by atoms with Gasteiger partial charge in [0, 0.05) is 17.7 Å². The smallest absolute Gasteiger partial charge is 0.257 e. The van der Waals surface area contributed by atoms with E-state index in [1.165, 1.54) is 5.56 Å². The van der Waals surface area contributed by atoms with Gasteiger partial charge in [-0.2, -0.15) is 0 Å². The van der Waals surface area contributed by atoms with E-state index in [9.17, 15) is 9.90 Å². The predicted molar refractivity (Wildman–Crippen MR) is 114 cm³/mol. The molecule has 28 heavy (non-hydrogen) atoms. The molecule has 1 heterocycles. The molecule has 0 radical (unpaired) electrons. The topological polar surface area (TPSA) is 55.1 Å². The monoisotopic (exact) mass is 376 g/mol. The van der Waals surface area contributed by atoms with E-state index >= 15 is 0 Å². The molecule has 0 amide bonds. The first-order valence-electron chi connectivity index (χ1n) is 10.0. The molecular weight excluding hydrogens is 348 g/mol. The number of benzene rings is 2. The van der Waals surface area contributed by atoms with Crippen molar-refractivity contribution in [1.82, 2.24) is 9.55 Å². The van der Waals surface area contributed by atoms with Crippen molar-refractivity contribution < 1.29 is 5.11 Å². The van der Waals surface area contributed by atoms with Crippen LogP contribution in [0, 0.1) is 6.92 Å². The second-order valence-corrected chi connectivity index (χ2v) is 7.15. The third kappa shape index (κ3) is 4.50. The van der Waals surface area contributed by atoms with Gasteiger partial charge in [-0.15, -0.1) is 0 Å². The van der Waals surface area contributed by atoms with Crippen LogP contribution in [0.4, 0.5) is 0 Å². The number of phenols is 1. The molecule has 1 aromatic heterocycles. The highest BCUT2D eigenvalue weighted by Gasteiger charge is 2.18. The Labute approximate surface area is 166 Å². The Bertz CT molecular complexity index is 978. The maximum atomic E-state index is 13.4. The standard InChI is InChI=1S/C24H28N2O2/c1-3-4-10-17-26-18(2)25-23(20-13-8-9-14-22(20)27)21(24(26)28)16-15-19-11-6-5-7-12-19/h5-9,11-14,27H,3-4,10,15-17H2,1-2H3. The van der Waals surface area contributed by atoms with Crippen molar-refractivity contribution in [2.24, 2.45) is 0 Å². The minimum atomic E-state index is 0.0118. The second-order valence-electron chi connectivity index (χ2n) is 7.15. The molecule has 0 unspecified atom stereocenters. The summed E-state index contributed by atoms with van der Waals surface area (Å²) in [4.78, 5) is 18.1. The number of aryl methyl sites for hydroxylation is 2. The van der Waals surface area contributed by atoms with E-state index in [1.54, 1.807) is 16.7 Å². The van der Waals surface area contributed by atoms with Gasteiger partial charge in [0.15, 0.2) is 0 Å². The van der Waals surface area contributed by atoms with Gasteiger partial charge in [0.05, 0.1) is 5.69 Å². The Morgan fingerprint density at radius 3 is 2.39 bits per heavy atom. The average molecular weight is 377 g/mol. The van der Waals surface area contributed by atoms with Crippen LogP contribution in [0.5, 0.6) is 5.75 Å². The zero-order chi connectivity index (χ0) is 19.9. The maximum Gasteiger partial charge on any atom is 0.257 e. The van der Waals surface area contributed by atoms with Gasteiger partial charge in [0.25, 0.3) is 5.56 Å². The summed E-state index contributed by atoms with van der Waals surface area (Å²) in [6.07, 6.45) is 4.52. The van der Waals surface area contributed by atoms with Gasteiger partial charge in [-0.1, -0.05) is 62.2 Å². The molecule has 0 bridgehead atoms. The first kappa shape index (κ1) is 19.9. The van der Waals surface area contributed by atoms with Crippen molar-refractivity contribution >= 4 is 0 Å². The van der Waals surface area contributed by atoms with Gasteiger partial charge in [-0.25, -0.2) is 4.98 Å². The summed E-state index contributed by atoms with van der Waals surface area (Å²) >= 11 is 0. The lowest BCUT2D eigenvalue weighted by Crippen LogP contribution is -2.28. The van der Waals surface area contributed by atoms with Crippen LogP contribution in [0.2, 0.25) is 0 Å². The average Bonchev–Trinajstić information content (AvgIpc) is 2.71. The number of hydrogen-bond donors (Lipinski definition) is 1. The predicted octanol–water partition coefficient (Wildman–Crippen LogP) is 4.90. The third-order valence-corrected chi connectivity index (χ3v) is 5.10. The molecule has 146 valence electrons. The molecular formula is C24H28N2O2. The summed E-state index contributed by atoms with van der Waals surface area (Å²) in [5, 5.41) is 10.3. The van der Waals surface area contributed by atoms with Gasteiger partial charge in [-0.05, 0) is 43.9 Å². The fraction of sp³-hybridized carbons (Fsp3) is 0.333. The summed E-state index contributed by atoms with van der Waals surface area (Å²) < 4.78 is 1.79. The molecule has 4 nitrogen and oxygen atoms in total. The van der Waals surface area contributed by atoms with E-state index in [0.29, 0.717) is 35.6 Å². The van der Waals surface area contributed by atoms with Gasteiger partial charge < -0.3 is 5.11 Å². The summed E-state index contributed by atoms with van der Waals surface area (Å²) in [5.41, 5.74) is 3.09. The molecule has 3 rings (SSSR count). The van der Waals surface area contributed by atoms with Gasteiger partial charge >= 0.3 is 0 Å². The highest BCUT2D eigenvalue weighted by atomic mass is 16.3. The van der Waals surface area contributed by atoms with E-state index < -0.39 is 0 Å². The molecule has 1 N–H and O–H groups in total. The summed E-state index contributed by atoms with van der Waals surface area (Å²) in [5.74, 6) is 0.848. The molecule has 0 atom stereocenters. The number of aromatic hydroxyl groups is 1. The van der Waals surface area contributed by atoms with Crippen LogP contribution in [-0.2, 0) is 19.4 Å². The van der Waals surface area contributed by atoms with Crippen molar-refractivity contribution in [3.05, 3.63) is 81.9 Å². The fourth-order valence-corrected chi connectivity index (χ4v) is 3.52. The first-order valence-corrected chi connectivity index (χ1v) is 10.0. The largest absolute Gasteiger partial charge is 0.507 e. The molecule has 0 saturated heterocycles. The lowest BCUT2D eigenvalue weighted by molar-refractivity contribution is 0.477. The molecule has 0 spiro atoms. The van der Waals surface area contributed by atoms with E-state index in [0.717, 1.165) is 25.7 Å². The lowest BCUT2D eigenvalue weighted by Gasteiger charge is -2.16. The van der Waals surface area contributed by atoms with Crippen LogP contribution in [0.15, 0.2) is 59.4 Å². The highest BCUT2D eigenvalue weighted by Crippen LogP contribution is 2.29. The van der Waals surface area contributed by atoms with Crippen LogP contribution >= 0.6 is 0 Å². The minimum Gasteiger partial charge on any atom is -0.507 e. The van der Waals surface area contributed by atoms with E-state index in [-0.39, 0.29) is 11.3 Å². The lowest BCUT2D eigenvalue weighted by atomic mass is 9.99. The maximum absolute atomic E-state index is 13.4. The van der Waals surface area contributed by atoms with Crippen molar-refractivity contribution in [1.29, 1.82) is 0 Å². The summed E-state index contributed by atoms with van der Waals surface area (Å²) in [7, 11) is 0. The number of hydrogen-bond acceptors (Lipinski definition) is 3. The van der Waals surface area contributed by atoms with E-state index in [4.69, 9.17) is 4.98 Å². The molecule has 0 aliphatic heterocycles. The quantitative estimate of drug-likeness (QED) is 0.569. The molecule has 0 fully saturated rings. The van der Waals surface area contributed by atoms with Crippen LogP contribution in [0.1, 0.15) is 43.1 Å². The fourth-order valence-electron chi connectivity index (χ4n) is 3.52. The number of aromatic nitrogens is 2. The molecule has 0 aliphatic rings. The molecule has 0 aliphatic carbocycles. The number of phenolic OH excluding ortho intramolecular Hbond substituents is 1. The first-order chi connectivity index (χ1) is 13.6. The van der Waals surface area contributed by atoms with Gasteiger partial charge in [0.2, 0.25) is 0 Å². The van der Waals surface area contributed by atoms with Gasteiger partial charge in [0.1, 0.15) is 11.6 Å². The number of rotatable bonds is 8. The van der Waals surface area contributed by atoms with Crippen LogP contribution in [0.3, 0.4) is 0 Å². The van der Waals surface area contributed by atoms with Crippen molar-refractivity contribution in [2.45, 2.75) is 52.5 Å². The normalized spacial score (nSPS) is 10.9. The second kappa shape index (κ2) is 9.36. The Balaban J connectivity index is 2.04. The van der Waals surface area contributed by atoms with Crippen LogP contribution in [0.25, 0.3) is 11.3 Å². The Morgan fingerprint density at radius 1 is 0.964 bits per heavy atom.